The summed E-state index contributed by atoms with van der Waals surface area (Å²) in [5.41, 5.74) is 0. The number of aliphatic hydroxyl groups is 1. The highest BCUT2D eigenvalue weighted by Gasteiger charge is 2.03. The summed E-state index contributed by atoms with van der Waals surface area (Å²) >= 11 is 0. The number of hydrogen-bond acceptors (Lipinski definition) is 4. The third kappa shape index (κ3) is 10.4. The minimum atomic E-state index is 0.225. The second-order valence-corrected chi connectivity index (χ2v) is 3.67. The first-order valence-electron chi connectivity index (χ1n) is 6.33. The van der Waals surface area contributed by atoms with E-state index in [0.29, 0.717) is 0 Å². The van der Waals surface area contributed by atoms with Crippen molar-refractivity contribution in [3.8, 4) is 0 Å². The third-order valence-corrected chi connectivity index (χ3v) is 2.35. The summed E-state index contributed by atoms with van der Waals surface area (Å²) in [5.74, 6) is 0. The second-order valence-electron chi connectivity index (χ2n) is 3.67. The van der Waals surface area contributed by atoms with E-state index in [9.17, 15) is 0 Å². The Morgan fingerprint density at radius 2 is 1.38 bits per heavy atom. The smallest absolute Gasteiger partial charge is 0.0558 e. The first kappa shape index (κ1) is 15.8. The zero-order valence-corrected chi connectivity index (χ0v) is 10.8. The first-order valence-corrected chi connectivity index (χ1v) is 6.33. The molecule has 1 N–H and O–H groups in total. The molecule has 0 fully saturated rings. The molecule has 0 atom stereocenters. The molecule has 0 bridgehead atoms. The largest absolute Gasteiger partial charge is 0.395 e. The molecule has 4 heteroatoms. The molecule has 0 radical (unpaired) electrons. The van der Waals surface area contributed by atoms with Gasteiger partial charge in [0, 0.05) is 46.1 Å². The Labute approximate surface area is 99.5 Å². The Bertz CT molecular complexity index is 121. The summed E-state index contributed by atoms with van der Waals surface area (Å²) in [4.78, 5) is 2.26. The van der Waals surface area contributed by atoms with Gasteiger partial charge in [0.05, 0.1) is 6.61 Å². The third-order valence-electron chi connectivity index (χ3n) is 2.35. The van der Waals surface area contributed by atoms with Gasteiger partial charge < -0.3 is 19.5 Å². The minimum Gasteiger partial charge on any atom is -0.395 e. The molecule has 0 saturated carbocycles. The van der Waals surface area contributed by atoms with Crippen LogP contribution in [0, 0.1) is 0 Å². The fourth-order valence-corrected chi connectivity index (χ4v) is 1.55. The van der Waals surface area contributed by atoms with Crippen LogP contribution in [0.5, 0.6) is 0 Å². The molecule has 0 aliphatic heterocycles. The van der Waals surface area contributed by atoms with Crippen molar-refractivity contribution in [3.63, 3.8) is 0 Å². The van der Waals surface area contributed by atoms with E-state index in [2.05, 4.69) is 4.90 Å². The van der Waals surface area contributed by atoms with Crippen LogP contribution in [0.4, 0.5) is 0 Å². The van der Waals surface area contributed by atoms with E-state index < -0.39 is 0 Å². The van der Waals surface area contributed by atoms with Crippen LogP contribution in [-0.4, -0.2) is 62.7 Å². The minimum absolute atomic E-state index is 0.225. The lowest BCUT2D eigenvalue weighted by Gasteiger charge is -2.21. The molecule has 0 aliphatic carbocycles. The molecule has 0 saturated heterocycles. The molecule has 16 heavy (non-hydrogen) atoms. The summed E-state index contributed by atoms with van der Waals surface area (Å²) in [6.07, 6.45) is 2.06. The van der Waals surface area contributed by atoms with Crippen LogP contribution in [-0.2, 0) is 9.47 Å². The van der Waals surface area contributed by atoms with Gasteiger partial charge in [0.25, 0.3) is 0 Å². The summed E-state index contributed by atoms with van der Waals surface area (Å²) in [6, 6.07) is 0. The zero-order chi connectivity index (χ0) is 12.1. The van der Waals surface area contributed by atoms with Gasteiger partial charge in [0.2, 0.25) is 0 Å². The Hall–Kier alpha value is -0.160. The van der Waals surface area contributed by atoms with Crippen molar-refractivity contribution < 1.29 is 14.6 Å². The van der Waals surface area contributed by atoms with E-state index in [1.165, 1.54) is 0 Å². The van der Waals surface area contributed by atoms with E-state index in [0.717, 1.165) is 58.9 Å². The number of hydrogen-bond donors (Lipinski definition) is 1. The van der Waals surface area contributed by atoms with Gasteiger partial charge in [-0.25, -0.2) is 0 Å². The maximum Gasteiger partial charge on any atom is 0.0558 e. The van der Waals surface area contributed by atoms with Crippen LogP contribution in [0.1, 0.15) is 26.7 Å². The lowest BCUT2D eigenvalue weighted by atomic mass is 10.3. The topological polar surface area (TPSA) is 41.9 Å². The number of rotatable bonds is 12. The zero-order valence-electron chi connectivity index (χ0n) is 10.8. The summed E-state index contributed by atoms with van der Waals surface area (Å²) in [5, 5.41) is 8.94. The molecule has 0 aromatic carbocycles. The molecule has 0 amide bonds. The molecule has 0 aromatic rings. The van der Waals surface area contributed by atoms with Crippen molar-refractivity contribution in [1.82, 2.24) is 4.90 Å². The summed E-state index contributed by atoms with van der Waals surface area (Å²) in [7, 11) is 0. The van der Waals surface area contributed by atoms with Crippen LogP contribution >= 0.6 is 0 Å². The predicted molar refractivity (Wildman–Crippen MR) is 65.7 cm³/mol. The fourth-order valence-electron chi connectivity index (χ4n) is 1.55. The van der Waals surface area contributed by atoms with Crippen molar-refractivity contribution in [2.45, 2.75) is 26.7 Å². The maximum atomic E-state index is 8.94. The second kappa shape index (κ2) is 12.9. The molecule has 0 unspecified atom stereocenters. The highest BCUT2D eigenvalue weighted by molar-refractivity contribution is 4.57. The van der Waals surface area contributed by atoms with E-state index in [1.54, 1.807) is 0 Å². The lowest BCUT2D eigenvalue weighted by molar-refractivity contribution is 0.110. The average Bonchev–Trinajstić information content (AvgIpc) is 2.30. The van der Waals surface area contributed by atoms with Gasteiger partial charge in [-0.15, -0.1) is 0 Å². The quantitative estimate of drug-likeness (QED) is 0.513. The van der Waals surface area contributed by atoms with Gasteiger partial charge in [-0.05, 0) is 26.7 Å². The van der Waals surface area contributed by atoms with Crippen LogP contribution in [0.3, 0.4) is 0 Å². The summed E-state index contributed by atoms with van der Waals surface area (Å²) in [6.45, 7) is 10.2. The maximum absolute atomic E-state index is 8.94. The van der Waals surface area contributed by atoms with E-state index in [4.69, 9.17) is 14.6 Å². The van der Waals surface area contributed by atoms with Crippen LogP contribution < -0.4 is 0 Å². The standard InChI is InChI=1S/C12H27NO3/c1-3-15-11-5-7-13(9-10-14)8-6-12-16-4-2/h14H,3-12H2,1-2H3. The Morgan fingerprint density at radius 3 is 1.75 bits per heavy atom. The molecular weight excluding hydrogens is 206 g/mol. The Morgan fingerprint density at radius 1 is 0.875 bits per heavy atom. The predicted octanol–water partition coefficient (Wildman–Crippen LogP) is 1.13. The van der Waals surface area contributed by atoms with Gasteiger partial charge in [0.15, 0.2) is 0 Å². The molecule has 4 nitrogen and oxygen atoms in total. The van der Waals surface area contributed by atoms with Gasteiger partial charge in [0.1, 0.15) is 0 Å². The SMILES string of the molecule is CCOCCCN(CCO)CCCOCC. The van der Waals surface area contributed by atoms with Crippen molar-refractivity contribution >= 4 is 0 Å². The van der Waals surface area contributed by atoms with E-state index in [-0.39, 0.29) is 6.61 Å². The van der Waals surface area contributed by atoms with Crippen LogP contribution in [0.25, 0.3) is 0 Å². The number of ether oxygens (including phenoxy) is 2. The Kier molecular flexibility index (Phi) is 12.8. The van der Waals surface area contributed by atoms with Crippen molar-refractivity contribution in [3.05, 3.63) is 0 Å². The van der Waals surface area contributed by atoms with E-state index in [1.807, 2.05) is 13.8 Å². The molecular formula is C12H27NO3. The molecule has 0 spiro atoms. The molecule has 98 valence electrons. The van der Waals surface area contributed by atoms with Crippen molar-refractivity contribution in [1.29, 1.82) is 0 Å². The average molecular weight is 233 g/mol. The van der Waals surface area contributed by atoms with Crippen LogP contribution in [0.2, 0.25) is 0 Å². The van der Waals surface area contributed by atoms with Gasteiger partial charge in [-0.1, -0.05) is 0 Å². The Balaban J connectivity index is 3.45. The molecule has 0 aliphatic rings. The van der Waals surface area contributed by atoms with Gasteiger partial charge in [-0.3, -0.25) is 0 Å². The van der Waals surface area contributed by atoms with Crippen LogP contribution in [0.15, 0.2) is 0 Å². The number of nitrogens with zero attached hydrogens (tertiary/aromatic N) is 1. The van der Waals surface area contributed by atoms with Crippen molar-refractivity contribution in [2.24, 2.45) is 0 Å². The highest BCUT2D eigenvalue weighted by Crippen LogP contribution is 1.95. The molecule has 0 aromatic heterocycles. The van der Waals surface area contributed by atoms with Gasteiger partial charge >= 0.3 is 0 Å². The number of aliphatic hydroxyl groups excluding tert-OH is 1. The normalized spacial score (nSPS) is 11.2. The highest BCUT2D eigenvalue weighted by atomic mass is 16.5. The molecule has 0 heterocycles. The lowest BCUT2D eigenvalue weighted by Crippen LogP contribution is -2.30. The molecule has 0 rings (SSSR count). The van der Waals surface area contributed by atoms with Gasteiger partial charge in [-0.2, -0.15) is 0 Å². The first-order chi connectivity index (χ1) is 7.85. The summed E-state index contributed by atoms with van der Waals surface area (Å²) < 4.78 is 10.6. The van der Waals surface area contributed by atoms with E-state index >= 15 is 0 Å². The fraction of sp³-hybridized carbons (Fsp3) is 1.00. The van der Waals surface area contributed by atoms with Crippen molar-refractivity contribution in [2.75, 3.05) is 52.7 Å². The monoisotopic (exact) mass is 233 g/mol.